The van der Waals surface area contributed by atoms with Crippen molar-refractivity contribution in [2.75, 3.05) is 0 Å². The van der Waals surface area contributed by atoms with E-state index < -0.39 is 5.97 Å². The van der Waals surface area contributed by atoms with Gasteiger partial charge in [-0.2, -0.15) is 0 Å². The second-order valence-corrected chi connectivity index (χ2v) is 5.70. The van der Waals surface area contributed by atoms with Gasteiger partial charge in [-0.1, -0.05) is 19.1 Å². The Labute approximate surface area is 125 Å². The number of nitrogens with zero attached hydrogens (tertiary/aromatic N) is 3. The first-order valence-electron chi connectivity index (χ1n) is 6.76. The van der Waals surface area contributed by atoms with Gasteiger partial charge in [0, 0.05) is 11.8 Å². The average Bonchev–Trinajstić information content (AvgIpc) is 3.04. The molecule has 0 radical (unpaired) electrons. The lowest BCUT2D eigenvalue weighted by Gasteiger charge is -2.05. The first-order valence-corrected chi connectivity index (χ1v) is 7.64. The smallest absolute Gasteiger partial charge is 0.309 e. The number of hydrogen-bond donors (Lipinski definition) is 1. The van der Waals surface area contributed by atoms with Crippen LogP contribution in [0.25, 0.3) is 11.0 Å². The van der Waals surface area contributed by atoms with E-state index in [1.807, 2.05) is 29.6 Å². The molecule has 0 fully saturated rings. The molecule has 0 saturated heterocycles. The third-order valence-electron chi connectivity index (χ3n) is 3.27. The average molecular weight is 301 g/mol. The molecule has 6 heteroatoms. The van der Waals surface area contributed by atoms with Crippen LogP contribution in [0.15, 0.2) is 29.6 Å². The van der Waals surface area contributed by atoms with E-state index in [1.54, 1.807) is 0 Å². The highest BCUT2D eigenvalue weighted by atomic mass is 32.1. The van der Waals surface area contributed by atoms with Crippen molar-refractivity contribution >= 4 is 28.3 Å². The van der Waals surface area contributed by atoms with Crippen LogP contribution in [-0.4, -0.2) is 25.6 Å². The zero-order valence-corrected chi connectivity index (χ0v) is 12.4. The number of aliphatic carboxylic acids is 1. The Balaban J connectivity index is 1.93. The first kappa shape index (κ1) is 13.8. The lowest BCUT2D eigenvalue weighted by Crippen LogP contribution is -2.05. The largest absolute Gasteiger partial charge is 0.481 e. The van der Waals surface area contributed by atoms with Crippen molar-refractivity contribution in [3.05, 3.63) is 46.2 Å². The Bertz CT molecular complexity index is 791. The van der Waals surface area contributed by atoms with Gasteiger partial charge in [-0.3, -0.25) is 4.79 Å². The molecule has 0 amide bonds. The molecule has 0 aliphatic carbocycles. The number of para-hydroxylation sites is 2. The number of aromatic nitrogens is 3. The fourth-order valence-corrected chi connectivity index (χ4v) is 3.15. The van der Waals surface area contributed by atoms with Gasteiger partial charge in [-0.05, 0) is 12.1 Å². The number of aryl methyl sites for hydroxylation is 1. The van der Waals surface area contributed by atoms with E-state index in [2.05, 4.69) is 21.5 Å². The van der Waals surface area contributed by atoms with Gasteiger partial charge in [0.1, 0.15) is 10.8 Å². The molecule has 3 rings (SSSR count). The van der Waals surface area contributed by atoms with E-state index in [9.17, 15) is 4.79 Å². The Morgan fingerprint density at radius 1 is 1.33 bits per heavy atom. The van der Waals surface area contributed by atoms with Crippen LogP contribution in [0.2, 0.25) is 0 Å². The number of thiazole rings is 1. The first-order chi connectivity index (χ1) is 10.2. The molecule has 3 aromatic rings. The quantitative estimate of drug-likeness (QED) is 0.787. The topological polar surface area (TPSA) is 68.0 Å². The van der Waals surface area contributed by atoms with E-state index in [1.165, 1.54) is 11.3 Å². The summed E-state index contributed by atoms with van der Waals surface area (Å²) in [5, 5.41) is 11.5. The van der Waals surface area contributed by atoms with Gasteiger partial charge in [0.2, 0.25) is 0 Å². The lowest BCUT2D eigenvalue weighted by atomic mass is 10.3. The Morgan fingerprint density at radius 3 is 2.90 bits per heavy atom. The molecular weight excluding hydrogens is 286 g/mol. The maximum atomic E-state index is 10.7. The molecule has 108 valence electrons. The minimum absolute atomic E-state index is 0.0260. The van der Waals surface area contributed by atoms with E-state index in [0.717, 1.165) is 28.3 Å². The number of carboxylic acid groups (broad SMARTS) is 1. The molecule has 0 saturated carbocycles. The minimum Gasteiger partial charge on any atom is -0.481 e. The van der Waals surface area contributed by atoms with Crippen molar-refractivity contribution in [3.63, 3.8) is 0 Å². The van der Waals surface area contributed by atoms with Crippen molar-refractivity contribution in [1.82, 2.24) is 14.5 Å². The zero-order valence-electron chi connectivity index (χ0n) is 11.6. The van der Waals surface area contributed by atoms with Crippen LogP contribution in [0.1, 0.15) is 23.4 Å². The van der Waals surface area contributed by atoms with Crippen LogP contribution in [0.4, 0.5) is 0 Å². The Kier molecular flexibility index (Phi) is 3.70. The van der Waals surface area contributed by atoms with Gasteiger partial charge in [-0.15, -0.1) is 11.3 Å². The fourth-order valence-electron chi connectivity index (χ4n) is 2.36. The summed E-state index contributed by atoms with van der Waals surface area (Å²) < 4.78 is 2.15. The van der Waals surface area contributed by atoms with E-state index in [0.29, 0.717) is 12.2 Å². The van der Waals surface area contributed by atoms with Crippen molar-refractivity contribution in [1.29, 1.82) is 0 Å². The summed E-state index contributed by atoms with van der Waals surface area (Å²) in [6, 6.07) is 8.03. The van der Waals surface area contributed by atoms with Gasteiger partial charge in [0.05, 0.1) is 29.7 Å². The summed E-state index contributed by atoms with van der Waals surface area (Å²) in [7, 11) is 0. The molecule has 0 spiro atoms. The highest BCUT2D eigenvalue weighted by molar-refractivity contribution is 7.09. The van der Waals surface area contributed by atoms with Crippen molar-refractivity contribution < 1.29 is 9.90 Å². The van der Waals surface area contributed by atoms with Crippen molar-refractivity contribution in [3.8, 4) is 0 Å². The number of hydrogen-bond acceptors (Lipinski definition) is 4. The Morgan fingerprint density at radius 2 is 2.14 bits per heavy atom. The van der Waals surface area contributed by atoms with E-state index in [-0.39, 0.29) is 6.42 Å². The maximum Gasteiger partial charge on any atom is 0.309 e. The number of imidazole rings is 1. The van der Waals surface area contributed by atoms with Gasteiger partial charge in [0.15, 0.2) is 0 Å². The summed E-state index contributed by atoms with van der Waals surface area (Å²) >= 11 is 1.49. The number of carbonyl (C=O) groups is 1. The molecule has 21 heavy (non-hydrogen) atoms. The summed E-state index contributed by atoms with van der Waals surface area (Å²) in [5.41, 5.74) is 2.69. The monoisotopic (exact) mass is 301 g/mol. The molecule has 2 heterocycles. The lowest BCUT2D eigenvalue weighted by molar-refractivity contribution is -0.136. The molecule has 1 N–H and O–H groups in total. The third kappa shape index (κ3) is 2.80. The van der Waals surface area contributed by atoms with Crippen LogP contribution in [0.3, 0.4) is 0 Å². The van der Waals surface area contributed by atoms with Crippen LogP contribution in [0, 0.1) is 0 Å². The summed E-state index contributed by atoms with van der Waals surface area (Å²) in [5.74, 6) is 0.167. The van der Waals surface area contributed by atoms with Crippen LogP contribution in [0.5, 0.6) is 0 Å². The number of rotatable bonds is 5. The van der Waals surface area contributed by atoms with Crippen LogP contribution < -0.4 is 0 Å². The van der Waals surface area contributed by atoms with E-state index in [4.69, 9.17) is 5.11 Å². The molecule has 0 aliphatic heterocycles. The van der Waals surface area contributed by atoms with Crippen LogP contribution in [-0.2, 0) is 24.2 Å². The summed E-state index contributed by atoms with van der Waals surface area (Å²) in [6.45, 7) is 2.71. The van der Waals surface area contributed by atoms with Crippen molar-refractivity contribution in [2.45, 2.75) is 26.3 Å². The van der Waals surface area contributed by atoms with Crippen LogP contribution >= 0.6 is 11.3 Å². The highest BCUT2D eigenvalue weighted by Gasteiger charge is 2.12. The minimum atomic E-state index is -0.853. The number of fused-ring (bicyclic) bond motifs is 1. The second-order valence-electron chi connectivity index (χ2n) is 4.76. The SMILES string of the molecule is CCc1nc2ccccc2n1Cc1nc(CC(=O)O)cs1. The molecule has 0 atom stereocenters. The molecule has 0 aliphatic rings. The molecule has 2 aromatic heterocycles. The molecule has 5 nitrogen and oxygen atoms in total. The van der Waals surface area contributed by atoms with Gasteiger partial charge < -0.3 is 9.67 Å². The van der Waals surface area contributed by atoms with Gasteiger partial charge in [0.25, 0.3) is 0 Å². The maximum absolute atomic E-state index is 10.7. The Hall–Kier alpha value is -2.21. The molecule has 1 aromatic carbocycles. The predicted molar refractivity (Wildman–Crippen MR) is 81.7 cm³/mol. The predicted octanol–water partition coefficient (Wildman–Crippen LogP) is 2.73. The highest BCUT2D eigenvalue weighted by Crippen LogP contribution is 2.20. The van der Waals surface area contributed by atoms with E-state index >= 15 is 0 Å². The number of carboxylic acids is 1. The fraction of sp³-hybridized carbons (Fsp3) is 0.267. The number of benzene rings is 1. The molecule has 0 bridgehead atoms. The summed E-state index contributed by atoms with van der Waals surface area (Å²) in [4.78, 5) is 19.7. The standard InChI is InChI=1S/C15H15N3O2S/c1-2-13-17-11-5-3-4-6-12(11)18(13)8-14-16-10(9-21-14)7-15(19)20/h3-6,9H,2,7-8H2,1H3,(H,19,20). The summed E-state index contributed by atoms with van der Waals surface area (Å²) in [6.07, 6.45) is 0.823. The molecular formula is C15H15N3O2S. The zero-order chi connectivity index (χ0) is 14.8. The normalized spacial score (nSPS) is 11.1. The van der Waals surface area contributed by atoms with Gasteiger partial charge in [-0.25, -0.2) is 9.97 Å². The third-order valence-corrected chi connectivity index (χ3v) is 4.16. The second kappa shape index (κ2) is 5.65. The van der Waals surface area contributed by atoms with Crippen molar-refractivity contribution in [2.24, 2.45) is 0 Å². The van der Waals surface area contributed by atoms with Gasteiger partial charge >= 0.3 is 5.97 Å². The molecule has 0 unspecified atom stereocenters.